The summed E-state index contributed by atoms with van der Waals surface area (Å²) in [6.07, 6.45) is 8.99. The molecule has 1 amide bonds. The summed E-state index contributed by atoms with van der Waals surface area (Å²) in [6.45, 7) is 1.78. The second-order valence-corrected chi connectivity index (χ2v) is 6.40. The highest BCUT2D eigenvalue weighted by atomic mass is 16.1. The molecule has 0 aromatic carbocycles. The number of pyridine rings is 2. The topological polar surface area (TPSA) is 84.7 Å². The third kappa shape index (κ3) is 3.36. The number of amides is 1. The molecule has 3 aromatic heterocycles. The highest BCUT2D eigenvalue weighted by Gasteiger charge is 2.21. The van der Waals surface area contributed by atoms with Gasteiger partial charge in [-0.2, -0.15) is 5.10 Å². The van der Waals surface area contributed by atoms with E-state index in [2.05, 4.69) is 25.7 Å². The van der Waals surface area contributed by atoms with Gasteiger partial charge in [0.1, 0.15) is 5.82 Å². The van der Waals surface area contributed by atoms with Gasteiger partial charge in [0.2, 0.25) is 5.91 Å². The van der Waals surface area contributed by atoms with Gasteiger partial charge in [0.15, 0.2) is 0 Å². The number of hydrogen-bond acceptors (Lipinski definition) is 5. The van der Waals surface area contributed by atoms with Crippen LogP contribution in [0.15, 0.2) is 36.9 Å². The molecule has 0 aliphatic carbocycles. The number of carbonyl (C=O) groups is 1. The van der Waals surface area contributed by atoms with E-state index in [1.807, 2.05) is 25.4 Å². The van der Waals surface area contributed by atoms with Gasteiger partial charge in [0.05, 0.1) is 11.9 Å². The van der Waals surface area contributed by atoms with Gasteiger partial charge in [-0.15, -0.1) is 0 Å². The van der Waals surface area contributed by atoms with Crippen LogP contribution in [0.4, 0.5) is 5.82 Å². The fraction of sp³-hybridized carbons (Fsp3) is 0.333. The summed E-state index contributed by atoms with van der Waals surface area (Å²) in [5.74, 6) is 0.691. The molecule has 0 spiro atoms. The zero-order valence-corrected chi connectivity index (χ0v) is 14.1. The van der Waals surface area contributed by atoms with Gasteiger partial charge in [-0.1, -0.05) is 0 Å². The van der Waals surface area contributed by atoms with Gasteiger partial charge in [0.25, 0.3) is 0 Å². The normalized spacial score (nSPS) is 15.4. The van der Waals surface area contributed by atoms with Gasteiger partial charge in [-0.3, -0.25) is 14.5 Å². The summed E-state index contributed by atoms with van der Waals surface area (Å²) in [5, 5.41) is 12.3. The highest BCUT2D eigenvalue weighted by molar-refractivity contribution is 5.94. The molecule has 7 heteroatoms. The largest absolute Gasteiger partial charge is 0.317 e. The fourth-order valence-electron chi connectivity index (χ4n) is 3.13. The van der Waals surface area contributed by atoms with Crippen molar-refractivity contribution in [3.05, 3.63) is 36.9 Å². The van der Waals surface area contributed by atoms with E-state index in [0.717, 1.165) is 48.0 Å². The van der Waals surface area contributed by atoms with Crippen molar-refractivity contribution < 1.29 is 4.79 Å². The first-order valence-corrected chi connectivity index (χ1v) is 8.45. The van der Waals surface area contributed by atoms with Crippen molar-refractivity contribution in [1.82, 2.24) is 25.1 Å². The molecule has 4 heterocycles. The predicted molar refractivity (Wildman–Crippen MR) is 96.0 cm³/mol. The van der Waals surface area contributed by atoms with Crippen molar-refractivity contribution in [3.63, 3.8) is 0 Å². The summed E-state index contributed by atoms with van der Waals surface area (Å²) in [6, 6.07) is 3.89. The van der Waals surface area contributed by atoms with E-state index in [0.29, 0.717) is 5.82 Å². The van der Waals surface area contributed by atoms with E-state index < -0.39 is 0 Å². The highest BCUT2D eigenvalue weighted by Crippen LogP contribution is 2.23. The lowest BCUT2D eigenvalue weighted by atomic mass is 9.97. The van der Waals surface area contributed by atoms with Gasteiger partial charge < -0.3 is 10.6 Å². The minimum atomic E-state index is 0.0508. The number of piperidine rings is 1. The predicted octanol–water partition coefficient (Wildman–Crippen LogP) is 1.97. The van der Waals surface area contributed by atoms with Gasteiger partial charge >= 0.3 is 0 Å². The zero-order valence-electron chi connectivity index (χ0n) is 14.1. The van der Waals surface area contributed by atoms with E-state index in [1.54, 1.807) is 23.3 Å². The Hall–Kier alpha value is -2.80. The lowest BCUT2D eigenvalue weighted by Gasteiger charge is -2.21. The van der Waals surface area contributed by atoms with Crippen LogP contribution in [0.2, 0.25) is 0 Å². The van der Waals surface area contributed by atoms with Crippen LogP contribution in [0.1, 0.15) is 12.8 Å². The Labute approximate surface area is 145 Å². The Morgan fingerprint density at radius 3 is 2.72 bits per heavy atom. The molecule has 1 aliphatic heterocycles. The second-order valence-electron chi connectivity index (χ2n) is 6.40. The average Bonchev–Trinajstić information content (AvgIpc) is 3.08. The molecule has 3 aromatic rings. The number of aryl methyl sites for hydroxylation is 1. The van der Waals surface area contributed by atoms with Crippen LogP contribution < -0.4 is 10.6 Å². The average molecular weight is 336 g/mol. The zero-order chi connectivity index (χ0) is 17.2. The molecule has 25 heavy (non-hydrogen) atoms. The first kappa shape index (κ1) is 15.7. The van der Waals surface area contributed by atoms with Crippen LogP contribution in [0.5, 0.6) is 0 Å². The Balaban J connectivity index is 1.59. The minimum absolute atomic E-state index is 0.0508. The number of nitrogens with zero attached hydrogens (tertiary/aromatic N) is 4. The smallest absolute Gasteiger partial charge is 0.228 e. The van der Waals surface area contributed by atoms with E-state index in [1.165, 1.54) is 0 Å². The molecular weight excluding hydrogens is 316 g/mol. The lowest BCUT2D eigenvalue weighted by Crippen LogP contribution is -2.34. The summed E-state index contributed by atoms with van der Waals surface area (Å²) in [7, 11) is 1.88. The van der Waals surface area contributed by atoms with Crippen molar-refractivity contribution >= 4 is 22.5 Å². The Morgan fingerprint density at radius 2 is 1.96 bits per heavy atom. The number of rotatable bonds is 3. The van der Waals surface area contributed by atoms with Crippen LogP contribution in [0.25, 0.3) is 22.0 Å². The molecule has 1 aliphatic rings. The number of anilines is 1. The molecule has 1 fully saturated rings. The third-order valence-corrected chi connectivity index (χ3v) is 4.57. The van der Waals surface area contributed by atoms with Crippen LogP contribution in [0.3, 0.4) is 0 Å². The molecule has 4 rings (SSSR count). The quantitative estimate of drug-likeness (QED) is 0.764. The minimum Gasteiger partial charge on any atom is -0.317 e. The maximum absolute atomic E-state index is 12.4. The summed E-state index contributed by atoms with van der Waals surface area (Å²) in [4.78, 5) is 21.2. The van der Waals surface area contributed by atoms with Gasteiger partial charge in [-0.25, -0.2) is 4.98 Å². The SMILES string of the molecule is Cn1cc(-c2cc3cc(NC(=O)C4CCNCC4)ncc3cn2)cn1. The number of carbonyl (C=O) groups excluding carboxylic acids is 1. The lowest BCUT2D eigenvalue weighted by molar-refractivity contribution is -0.120. The van der Waals surface area contributed by atoms with Crippen molar-refractivity contribution in [2.75, 3.05) is 18.4 Å². The van der Waals surface area contributed by atoms with Crippen LogP contribution in [-0.2, 0) is 11.8 Å². The van der Waals surface area contributed by atoms with E-state index in [9.17, 15) is 4.79 Å². The second kappa shape index (κ2) is 6.60. The third-order valence-electron chi connectivity index (χ3n) is 4.57. The molecular formula is C18H20N6O. The number of fused-ring (bicyclic) bond motifs is 1. The van der Waals surface area contributed by atoms with E-state index >= 15 is 0 Å². The van der Waals surface area contributed by atoms with E-state index in [4.69, 9.17) is 0 Å². The number of aromatic nitrogens is 4. The number of nitrogens with one attached hydrogen (secondary N) is 2. The Kier molecular flexibility index (Phi) is 4.15. The first-order chi connectivity index (χ1) is 12.2. The van der Waals surface area contributed by atoms with Gasteiger partial charge in [0, 0.05) is 42.5 Å². The van der Waals surface area contributed by atoms with E-state index in [-0.39, 0.29) is 11.8 Å². The molecule has 0 saturated carbocycles. The maximum atomic E-state index is 12.4. The molecule has 128 valence electrons. The van der Waals surface area contributed by atoms with Crippen molar-refractivity contribution in [2.24, 2.45) is 13.0 Å². The van der Waals surface area contributed by atoms with Crippen molar-refractivity contribution in [2.45, 2.75) is 12.8 Å². The molecule has 0 unspecified atom stereocenters. The van der Waals surface area contributed by atoms with Crippen molar-refractivity contribution in [1.29, 1.82) is 0 Å². The number of hydrogen-bond donors (Lipinski definition) is 2. The summed E-state index contributed by atoms with van der Waals surface area (Å²) in [5.41, 5.74) is 1.81. The molecule has 0 radical (unpaired) electrons. The molecule has 1 saturated heterocycles. The van der Waals surface area contributed by atoms with Crippen LogP contribution in [0, 0.1) is 5.92 Å². The van der Waals surface area contributed by atoms with Crippen LogP contribution >= 0.6 is 0 Å². The monoisotopic (exact) mass is 336 g/mol. The van der Waals surface area contributed by atoms with Crippen molar-refractivity contribution in [3.8, 4) is 11.3 Å². The maximum Gasteiger partial charge on any atom is 0.228 e. The molecule has 2 N–H and O–H groups in total. The van der Waals surface area contributed by atoms with Gasteiger partial charge in [-0.05, 0) is 43.5 Å². The standard InChI is InChI=1S/C18H20N6O/c1-24-11-15(10-22-24)16-6-13-7-17(21-9-14(13)8-20-16)23-18(25)12-2-4-19-5-3-12/h6-12,19H,2-5H2,1H3,(H,21,23,25). The molecule has 0 atom stereocenters. The molecule has 7 nitrogen and oxygen atoms in total. The molecule has 0 bridgehead atoms. The first-order valence-electron chi connectivity index (χ1n) is 8.45. The van der Waals surface area contributed by atoms with Crippen LogP contribution in [-0.4, -0.2) is 38.7 Å². The Bertz CT molecular complexity index is 913. The Morgan fingerprint density at radius 1 is 1.16 bits per heavy atom. The summed E-state index contributed by atoms with van der Waals surface area (Å²) >= 11 is 0. The summed E-state index contributed by atoms with van der Waals surface area (Å²) < 4.78 is 1.75. The fourth-order valence-corrected chi connectivity index (χ4v) is 3.13.